The van der Waals surface area contributed by atoms with Crippen molar-refractivity contribution in [3.63, 3.8) is 0 Å². The Morgan fingerprint density at radius 1 is 1.13 bits per heavy atom. The number of nitrogens with one attached hydrogen (secondary N) is 1. The van der Waals surface area contributed by atoms with Crippen molar-refractivity contribution in [3.8, 4) is 5.75 Å². The lowest BCUT2D eigenvalue weighted by Gasteiger charge is -2.07. The topological polar surface area (TPSA) is 64.4 Å². The fraction of sp³-hybridized carbons (Fsp3) is 0.250. The summed E-state index contributed by atoms with van der Waals surface area (Å²) < 4.78 is 31.0. The molecule has 0 unspecified atom stereocenters. The van der Waals surface area contributed by atoms with Crippen molar-refractivity contribution in [1.82, 2.24) is 5.32 Å². The first kappa shape index (κ1) is 16.8. The minimum Gasteiger partial charge on any atom is -0.490 e. The van der Waals surface area contributed by atoms with Crippen LogP contribution < -0.4 is 10.1 Å². The number of nitrogens with zero attached hydrogens (tertiary/aromatic N) is 1. The number of hydrogen-bond donors (Lipinski definition) is 1. The zero-order valence-corrected chi connectivity index (χ0v) is 12.5. The van der Waals surface area contributed by atoms with Crippen molar-refractivity contribution in [1.29, 1.82) is 0 Å². The van der Waals surface area contributed by atoms with E-state index in [1.165, 1.54) is 31.4 Å². The van der Waals surface area contributed by atoms with Crippen LogP contribution in [0.4, 0.5) is 14.5 Å². The first-order valence-corrected chi connectivity index (χ1v) is 6.96. The summed E-state index contributed by atoms with van der Waals surface area (Å²) in [5.41, 5.74) is 1.18. The van der Waals surface area contributed by atoms with Crippen LogP contribution >= 0.6 is 0 Å². The summed E-state index contributed by atoms with van der Waals surface area (Å²) in [6, 6.07) is 8.09. The zero-order valence-electron chi connectivity index (χ0n) is 12.5. The van der Waals surface area contributed by atoms with Crippen molar-refractivity contribution >= 4 is 5.69 Å². The molecule has 1 N–H and O–H groups in total. The lowest BCUT2D eigenvalue weighted by Crippen LogP contribution is -2.17. The Labute approximate surface area is 132 Å². The second-order valence-electron chi connectivity index (χ2n) is 4.97. The number of nitro benzene ring substituents is 1. The molecular weight excluding hydrogens is 306 g/mol. The van der Waals surface area contributed by atoms with Crippen molar-refractivity contribution in [2.45, 2.75) is 13.0 Å². The molecule has 0 bridgehead atoms. The molecule has 7 heteroatoms. The molecule has 5 nitrogen and oxygen atoms in total. The lowest BCUT2D eigenvalue weighted by molar-refractivity contribution is -0.385. The van der Waals surface area contributed by atoms with E-state index in [0.29, 0.717) is 25.1 Å². The van der Waals surface area contributed by atoms with Crippen molar-refractivity contribution in [2.24, 2.45) is 0 Å². The van der Waals surface area contributed by atoms with Crippen LogP contribution in [0.25, 0.3) is 0 Å². The molecule has 0 aliphatic heterocycles. The smallest absolute Gasteiger partial charge is 0.311 e. The first-order chi connectivity index (χ1) is 11.0. The number of rotatable bonds is 7. The van der Waals surface area contributed by atoms with Gasteiger partial charge in [-0.05, 0) is 42.3 Å². The Hall–Kier alpha value is -2.54. The molecule has 0 atom stereocenters. The number of methoxy groups -OCH3 is 1. The molecule has 2 aromatic rings. The third kappa shape index (κ3) is 4.72. The van der Waals surface area contributed by atoms with Gasteiger partial charge in [0, 0.05) is 18.7 Å². The molecule has 0 amide bonds. The molecule has 0 aliphatic carbocycles. The second kappa shape index (κ2) is 7.64. The van der Waals surface area contributed by atoms with Crippen LogP contribution in [0.5, 0.6) is 5.75 Å². The normalized spacial score (nSPS) is 10.6. The highest BCUT2D eigenvalue weighted by Crippen LogP contribution is 2.27. The summed E-state index contributed by atoms with van der Waals surface area (Å²) in [6.07, 6.45) is 0.451. The zero-order chi connectivity index (χ0) is 16.8. The first-order valence-electron chi connectivity index (χ1n) is 6.96. The van der Waals surface area contributed by atoms with Crippen LogP contribution in [0.2, 0.25) is 0 Å². The van der Waals surface area contributed by atoms with E-state index in [9.17, 15) is 18.9 Å². The van der Waals surface area contributed by atoms with E-state index < -0.39 is 16.6 Å². The summed E-state index contributed by atoms with van der Waals surface area (Å²) in [5, 5.41) is 14.0. The van der Waals surface area contributed by atoms with Gasteiger partial charge in [0.15, 0.2) is 5.75 Å². The lowest BCUT2D eigenvalue weighted by atomic mass is 10.1. The van der Waals surface area contributed by atoms with Crippen molar-refractivity contribution in [3.05, 3.63) is 69.3 Å². The van der Waals surface area contributed by atoms with Crippen LogP contribution in [0, 0.1) is 21.7 Å². The average molecular weight is 322 g/mol. The molecule has 122 valence electrons. The summed E-state index contributed by atoms with van der Waals surface area (Å²) in [5.74, 6) is -1.01. The average Bonchev–Trinajstić information content (AvgIpc) is 2.50. The number of benzene rings is 2. The summed E-state index contributed by atoms with van der Waals surface area (Å²) in [7, 11) is 1.37. The van der Waals surface area contributed by atoms with E-state index in [1.807, 2.05) is 0 Å². The summed E-state index contributed by atoms with van der Waals surface area (Å²) in [6.45, 7) is 0.894. The fourth-order valence-electron chi connectivity index (χ4n) is 2.21. The van der Waals surface area contributed by atoms with Gasteiger partial charge in [-0.1, -0.05) is 6.07 Å². The van der Waals surface area contributed by atoms with E-state index in [1.54, 1.807) is 6.07 Å². The molecule has 0 radical (unpaired) electrons. The van der Waals surface area contributed by atoms with E-state index in [0.717, 1.165) is 11.6 Å². The largest absolute Gasteiger partial charge is 0.490 e. The Kier molecular flexibility index (Phi) is 5.59. The van der Waals surface area contributed by atoms with Crippen LogP contribution in [0.15, 0.2) is 36.4 Å². The predicted molar refractivity (Wildman–Crippen MR) is 81.4 cm³/mol. The van der Waals surface area contributed by atoms with Gasteiger partial charge >= 0.3 is 5.69 Å². The summed E-state index contributed by atoms with van der Waals surface area (Å²) >= 11 is 0. The maximum atomic E-state index is 13.1. The molecule has 2 aromatic carbocycles. The van der Waals surface area contributed by atoms with Crippen molar-refractivity contribution in [2.75, 3.05) is 13.7 Å². The standard InChI is InChI=1S/C16H16F2N2O3/c1-23-16-3-2-12(8-15(16)20(21)22)10-19-5-4-11-6-13(17)9-14(18)7-11/h2-3,6-9,19H,4-5,10H2,1H3. The maximum absolute atomic E-state index is 13.1. The molecule has 0 aromatic heterocycles. The van der Waals surface area contributed by atoms with Gasteiger partial charge in [0.1, 0.15) is 11.6 Å². The molecule has 0 spiro atoms. The summed E-state index contributed by atoms with van der Waals surface area (Å²) in [4.78, 5) is 10.4. The maximum Gasteiger partial charge on any atom is 0.311 e. The Morgan fingerprint density at radius 3 is 2.43 bits per heavy atom. The van der Waals surface area contributed by atoms with Crippen LogP contribution in [-0.2, 0) is 13.0 Å². The molecule has 2 rings (SSSR count). The van der Waals surface area contributed by atoms with E-state index in [-0.39, 0.29) is 11.4 Å². The third-order valence-electron chi connectivity index (χ3n) is 3.28. The minimum absolute atomic E-state index is 0.0981. The predicted octanol–water partition coefficient (Wildman–Crippen LogP) is 3.21. The second-order valence-corrected chi connectivity index (χ2v) is 4.97. The third-order valence-corrected chi connectivity index (χ3v) is 3.28. The van der Waals surface area contributed by atoms with Gasteiger partial charge in [0.05, 0.1) is 12.0 Å². The molecule has 0 saturated carbocycles. The van der Waals surface area contributed by atoms with Gasteiger partial charge in [-0.15, -0.1) is 0 Å². The van der Waals surface area contributed by atoms with E-state index in [2.05, 4.69) is 5.32 Å². The van der Waals surface area contributed by atoms with Gasteiger partial charge in [-0.2, -0.15) is 0 Å². The minimum atomic E-state index is -0.606. The van der Waals surface area contributed by atoms with Gasteiger partial charge in [-0.25, -0.2) is 8.78 Å². The Balaban J connectivity index is 1.91. The highest BCUT2D eigenvalue weighted by Gasteiger charge is 2.14. The van der Waals surface area contributed by atoms with Gasteiger partial charge in [-0.3, -0.25) is 10.1 Å². The van der Waals surface area contributed by atoms with Crippen LogP contribution in [0.1, 0.15) is 11.1 Å². The Bertz CT molecular complexity index is 687. The highest BCUT2D eigenvalue weighted by atomic mass is 19.1. The Morgan fingerprint density at radius 2 is 1.83 bits per heavy atom. The number of ether oxygens (including phenoxy) is 1. The molecule has 0 fully saturated rings. The highest BCUT2D eigenvalue weighted by molar-refractivity contribution is 5.48. The SMILES string of the molecule is COc1ccc(CNCCc2cc(F)cc(F)c2)cc1[N+](=O)[O-]. The quantitative estimate of drug-likeness (QED) is 0.483. The molecule has 0 aliphatic rings. The number of nitro groups is 1. The van der Waals surface area contributed by atoms with Gasteiger partial charge in [0.2, 0.25) is 0 Å². The monoisotopic (exact) mass is 322 g/mol. The van der Waals surface area contributed by atoms with E-state index in [4.69, 9.17) is 4.74 Å². The van der Waals surface area contributed by atoms with Crippen LogP contribution in [0.3, 0.4) is 0 Å². The van der Waals surface area contributed by atoms with Gasteiger partial charge in [0.25, 0.3) is 0 Å². The molecule has 0 heterocycles. The van der Waals surface area contributed by atoms with Gasteiger partial charge < -0.3 is 10.1 Å². The van der Waals surface area contributed by atoms with E-state index >= 15 is 0 Å². The molecule has 0 saturated heterocycles. The number of halogens is 2. The van der Waals surface area contributed by atoms with Crippen LogP contribution in [-0.4, -0.2) is 18.6 Å². The fourth-order valence-corrected chi connectivity index (χ4v) is 2.21. The van der Waals surface area contributed by atoms with Crippen molar-refractivity contribution < 1.29 is 18.4 Å². The number of hydrogen-bond acceptors (Lipinski definition) is 4. The molecular formula is C16H16F2N2O3. The molecule has 23 heavy (non-hydrogen) atoms.